The summed E-state index contributed by atoms with van der Waals surface area (Å²) < 4.78 is 50.0. The lowest BCUT2D eigenvalue weighted by Gasteiger charge is -2.50. The summed E-state index contributed by atoms with van der Waals surface area (Å²) in [6.45, 7) is 10.8. The van der Waals surface area contributed by atoms with E-state index in [4.69, 9.17) is 37.9 Å². The molecule has 59 heavy (non-hydrogen) atoms. The Morgan fingerprint density at radius 1 is 0.864 bits per heavy atom. The van der Waals surface area contributed by atoms with Gasteiger partial charge in [0.2, 0.25) is 0 Å². The number of aldehydes is 1. The van der Waals surface area contributed by atoms with Gasteiger partial charge in [-0.15, -0.1) is 0 Å². The Kier molecular flexibility index (Phi) is 18.9. The van der Waals surface area contributed by atoms with Crippen molar-refractivity contribution < 1.29 is 67.9 Å². The SMILES string of the molecule is CO[C@@H]1[C@@H](O[C@@H]2O[C@H](C)[C@@H](O[C@H]3C[C@@](C)(O)[C@@H](O)[C@H](C)O3)[C@@H](N(C)C)[C@H]2O)[C@@H](CC=O)C[C@@H](C)[C@@H](O[C@H]2CC[C@H](N(C)C)[C@@H](C)O2)C=CC=CC[C@@H](C)OC(=O)C[C@H]1O. The number of carbonyl (C=O) groups excluding carboxylic acids is 2. The molecule has 19 atom stereocenters. The number of rotatable bonds is 11. The van der Waals surface area contributed by atoms with Gasteiger partial charge in [-0.25, -0.2) is 0 Å². The van der Waals surface area contributed by atoms with Gasteiger partial charge in [-0.05, 0) is 93.9 Å². The molecule has 0 saturated carbocycles. The predicted octanol–water partition coefficient (Wildman–Crippen LogP) is 2.33. The van der Waals surface area contributed by atoms with Gasteiger partial charge in [0.25, 0.3) is 0 Å². The average Bonchev–Trinajstić information content (AvgIpc) is 3.13. The minimum atomic E-state index is -1.47. The highest BCUT2D eigenvalue weighted by Crippen LogP contribution is 2.37. The van der Waals surface area contributed by atoms with Gasteiger partial charge in [0.1, 0.15) is 36.8 Å². The first-order valence-electron chi connectivity index (χ1n) is 21.3. The van der Waals surface area contributed by atoms with Gasteiger partial charge in [-0.1, -0.05) is 31.2 Å². The van der Waals surface area contributed by atoms with E-state index in [1.807, 2.05) is 52.2 Å². The predicted molar refractivity (Wildman–Crippen MR) is 217 cm³/mol. The number of esters is 1. The summed E-state index contributed by atoms with van der Waals surface area (Å²) in [7, 11) is 9.03. The van der Waals surface area contributed by atoms with Crippen LogP contribution in [0.15, 0.2) is 24.3 Å². The van der Waals surface area contributed by atoms with Gasteiger partial charge < -0.3 is 72.9 Å². The van der Waals surface area contributed by atoms with Crippen LogP contribution in [0.1, 0.15) is 86.5 Å². The van der Waals surface area contributed by atoms with Crippen LogP contribution in [-0.4, -0.2) is 181 Å². The molecule has 3 fully saturated rings. The highest BCUT2D eigenvalue weighted by molar-refractivity contribution is 5.70. The van der Waals surface area contributed by atoms with Crippen molar-refractivity contribution in [2.75, 3.05) is 35.3 Å². The molecule has 0 bridgehead atoms. The molecule has 0 aromatic carbocycles. The van der Waals surface area contributed by atoms with Crippen LogP contribution in [-0.2, 0) is 47.5 Å². The fourth-order valence-corrected chi connectivity index (χ4v) is 9.10. The number of methoxy groups -OCH3 is 1. The van der Waals surface area contributed by atoms with Gasteiger partial charge in [0, 0.05) is 32.4 Å². The molecule has 16 heteroatoms. The van der Waals surface area contributed by atoms with Crippen LogP contribution in [0, 0.1) is 11.8 Å². The molecule has 4 aliphatic heterocycles. The Balaban J connectivity index is 1.66. The highest BCUT2D eigenvalue weighted by atomic mass is 16.7. The van der Waals surface area contributed by atoms with Crippen molar-refractivity contribution in [1.29, 1.82) is 0 Å². The molecule has 4 heterocycles. The Morgan fingerprint density at radius 3 is 2.17 bits per heavy atom. The largest absolute Gasteiger partial charge is 0.462 e. The van der Waals surface area contributed by atoms with E-state index in [0.29, 0.717) is 19.3 Å². The van der Waals surface area contributed by atoms with Gasteiger partial charge >= 0.3 is 5.97 Å². The maximum absolute atomic E-state index is 13.1. The van der Waals surface area contributed by atoms with Crippen LogP contribution in [0.25, 0.3) is 0 Å². The number of hydrogen-bond donors (Lipinski definition) is 4. The number of cyclic esters (lactones) is 1. The Hall–Kier alpha value is -1.90. The zero-order valence-electron chi connectivity index (χ0n) is 37.0. The normalized spacial score (nSPS) is 44.7. The van der Waals surface area contributed by atoms with E-state index in [9.17, 15) is 30.0 Å². The van der Waals surface area contributed by atoms with Crippen LogP contribution in [0.4, 0.5) is 0 Å². The third-order valence-corrected chi connectivity index (χ3v) is 12.4. The Morgan fingerprint density at radius 2 is 1.56 bits per heavy atom. The molecule has 3 saturated heterocycles. The van der Waals surface area contributed by atoms with E-state index in [1.165, 1.54) is 14.0 Å². The quantitative estimate of drug-likeness (QED) is 0.175. The summed E-state index contributed by atoms with van der Waals surface area (Å²) in [6.07, 6.45) is -1.56. The first-order valence-corrected chi connectivity index (χ1v) is 21.3. The third kappa shape index (κ3) is 13.3. The first-order chi connectivity index (χ1) is 27.8. The number of ether oxygens (including phenoxy) is 8. The molecular weight excluding hydrogens is 768 g/mol. The molecule has 0 unspecified atom stereocenters. The van der Waals surface area contributed by atoms with Crippen LogP contribution >= 0.6 is 0 Å². The molecule has 4 rings (SSSR count). The van der Waals surface area contributed by atoms with Crippen LogP contribution in [0.2, 0.25) is 0 Å². The minimum absolute atomic E-state index is 0.00885. The molecule has 0 aromatic rings. The van der Waals surface area contributed by atoms with Gasteiger partial charge in [-0.2, -0.15) is 0 Å². The number of carbonyl (C=O) groups is 2. The van der Waals surface area contributed by atoms with Crippen molar-refractivity contribution in [2.24, 2.45) is 11.8 Å². The maximum atomic E-state index is 13.1. The average molecular weight is 843 g/mol. The lowest BCUT2D eigenvalue weighted by molar-refractivity contribution is -0.344. The van der Waals surface area contributed by atoms with Gasteiger partial charge in [0.15, 0.2) is 18.9 Å². The molecular formula is C43H74N2O14. The number of nitrogens with zero attached hydrogens (tertiary/aromatic N) is 2. The van der Waals surface area contributed by atoms with E-state index in [1.54, 1.807) is 39.8 Å². The highest BCUT2D eigenvalue weighted by Gasteiger charge is 2.52. The number of allylic oxidation sites excluding steroid dienone is 2. The third-order valence-electron chi connectivity index (χ3n) is 12.4. The van der Waals surface area contributed by atoms with Crippen molar-refractivity contribution in [3.05, 3.63) is 24.3 Å². The van der Waals surface area contributed by atoms with E-state index >= 15 is 0 Å². The van der Waals surface area contributed by atoms with E-state index < -0.39 is 110 Å². The smallest absolute Gasteiger partial charge is 0.308 e. The van der Waals surface area contributed by atoms with Crippen LogP contribution < -0.4 is 0 Å². The number of aliphatic hydroxyl groups is 4. The summed E-state index contributed by atoms with van der Waals surface area (Å²) in [4.78, 5) is 29.5. The Bertz CT molecular complexity index is 1370. The molecule has 0 amide bonds. The van der Waals surface area contributed by atoms with Crippen molar-refractivity contribution in [2.45, 2.75) is 190 Å². The number of hydrogen-bond acceptors (Lipinski definition) is 16. The van der Waals surface area contributed by atoms with E-state index in [0.717, 1.165) is 12.7 Å². The fourth-order valence-electron chi connectivity index (χ4n) is 9.10. The maximum Gasteiger partial charge on any atom is 0.308 e. The monoisotopic (exact) mass is 843 g/mol. The standard InChI is InChI=1S/C43H74N2O14/c1-24-21-29(19-20-46)39(59-42-37(49)36(45(9)10)38(27(4)56-42)58-35-23-43(6,51)41(50)28(5)55-35)40(52-11)31(47)22-33(48)53-25(2)15-13-12-14-16-32(24)57-34-18-17-30(44(7)8)26(3)54-34/h12-14,16,20,24-32,34-42,47,49-51H,15,17-19,21-23H2,1-11H3/t24-,25-,26-,27-,28+,29+,30+,31-,32+,34+,35+,36+,37-,38-,39+,40+,41+,42+,43-/m1/s1. The zero-order chi connectivity index (χ0) is 43.8. The summed E-state index contributed by atoms with van der Waals surface area (Å²) >= 11 is 0. The molecule has 16 nitrogen and oxygen atoms in total. The topological polar surface area (TPSA) is 195 Å². The molecule has 340 valence electrons. The zero-order valence-corrected chi connectivity index (χ0v) is 37.0. The second-order valence-electron chi connectivity index (χ2n) is 17.8. The fraction of sp³-hybridized carbons (Fsp3) is 0.860. The molecule has 4 N–H and O–H groups in total. The molecule has 4 aliphatic rings. The molecule has 0 spiro atoms. The van der Waals surface area contributed by atoms with Gasteiger partial charge in [-0.3, -0.25) is 4.79 Å². The van der Waals surface area contributed by atoms with E-state index in [-0.39, 0.29) is 30.9 Å². The Labute approximate surface area is 351 Å². The minimum Gasteiger partial charge on any atom is -0.462 e. The molecule has 0 radical (unpaired) electrons. The van der Waals surface area contributed by atoms with Gasteiger partial charge in [0.05, 0.1) is 54.7 Å². The molecule has 0 aliphatic carbocycles. The van der Waals surface area contributed by atoms with Crippen molar-refractivity contribution in [1.82, 2.24) is 9.80 Å². The first kappa shape index (κ1) is 49.8. The van der Waals surface area contributed by atoms with Crippen LogP contribution in [0.5, 0.6) is 0 Å². The summed E-state index contributed by atoms with van der Waals surface area (Å²) in [5, 5.41) is 45.1. The summed E-state index contributed by atoms with van der Waals surface area (Å²) in [5.41, 5.74) is -1.47. The summed E-state index contributed by atoms with van der Waals surface area (Å²) in [6, 6.07) is -0.466. The lowest BCUT2D eigenvalue weighted by Crippen LogP contribution is -2.65. The van der Waals surface area contributed by atoms with Crippen molar-refractivity contribution in [3.8, 4) is 0 Å². The number of aliphatic hydroxyl groups excluding tert-OH is 3. The second-order valence-corrected chi connectivity index (χ2v) is 17.8. The molecule has 0 aromatic heterocycles. The van der Waals surface area contributed by atoms with Crippen molar-refractivity contribution >= 4 is 12.3 Å². The van der Waals surface area contributed by atoms with Crippen LogP contribution in [0.3, 0.4) is 0 Å². The van der Waals surface area contributed by atoms with Crippen molar-refractivity contribution in [3.63, 3.8) is 0 Å². The number of likely N-dealkylation sites (N-methyl/N-ethyl adjacent to an activating group) is 2. The lowest BCUT2D eigenvalue weighted by atomic mass is 9.82. The second kappa shape index (κ2) is 22.5. The summed E-state index contributed by atoms with van der Waals surface area (Å²) in [5.74, 6) is -1.47. The van der Waals surface area contributed by atoms with E-state index in [2.05, 4.69) is 4.90 Å².